The number of amides is 2. The second-order valence-corrected chi connectivity index (χ2v) is 7.14. The molecule has 162 valence electrons. The van der Waals surface area contributed by atoms with Crippen LogP contribution in [0.5, 0.6) is 11.8 Å². The third-order valence-corrected chi connectivity index (χ3v) is 4.76. The minimum Gasteiger partial charge on any atom is -0.497 e. The van der Waals surface area contributed by atoms with Crippen LogP contribution >= 0.6 is 11.6 Å². The standard InChI is InChI=1S/C23H20ClN5O3/c1-31-20-11-3-6-15(12-20)21-27-23(32-2)28-29(21)19-10-5-9-18(14-19)26-22(30)25-17-8-4-7-16(24)13-17/h3-14H,1-2H3,(H2,25,26,30). The van der Waals surface area contributed by atoms with E-state index in [4.69, 9.17) is 21.1 Å². The monoisotopic (exact) mass is 449 g/mol. The van der Waals surface area contributed by atoms with Gasteiger partial charge in [0, 0.05) is 22.0 Å². The van der Waals surface area contributed by atoms with Crippen LogP contribution in [0.1, 0.15) is 0 Å². The first-order chi connectivity index (χ1) is 15.6. The van der Waals surface area contributed by atoms with Crippen LogP contribution in [-0.2, 0) is 0 Å². The number of rotatable bonds is 6. The lowest BCUT2D eigenvalue weighted by molar-refractivity contribution is 0.262. The second-order valence-electron chi connectivity index (χ2n) is 6.71. The Labute approximate surface area is 189 Å². The highest BCUT2D eigenvalue weighted by Gasteiger charge is 2.15. The molecule has 0 aliphatic rings. The third-order valence-electron chi connectivity index (χ3n) is 4.53. The van der Waals surface area contributed by atoms with Crippen molar-refractivity contribution in [2.75, 3.05) is 24.9 Å². The van der Waals surface area contributed by atoms with E-state index in [1.165, 1.54) is 7.11 Å². The maximum absolute atomic E-state index is 12.4. The highest BCUT2D eigenvalue weighted by molar-refractivity contribution is 6.30. The van der Waals surface area contributed by atoms with E-state index in [1.807, 2.05) is 36.4 Å². The normalized spacial score (nSPS) is 10.5. The Morgan fingerprint density at radius 1 is 0.906 bits per heavy atom. The molecule has 1 aromatic heterocycles. The predicted octanol–water partition coefficient (Wildman–Crippen LogP) is 5.25. The van der Waals surface area contributed by atoms with Crippen molar-refractivity contribution < 1.29 is 14.3 Å². The summed E-state index contributed by atoms with van der Waals surface area (Å²) in [5.41, 5.74) is 2.66. The van der Waals surface area contributed by atoms with Gasteiger partial charge in [-0.1, -0.05) is 35.9 Å². The Balaban J connectivity index is 1.61. The van der Waals surface area contributed by atoms with Gasteiger partial charge >= 0.3 is 12.0 Å². The summed E-state index contributed by atoms with van der Waals surface area (Å²) in [7, 11) is 3.11. The van der Waals surface area contributed by atoms with Crippen molar-refractivity contribution in [3.63, 3.8) is 0 Å². The van der Waals surface area contributed by atoms with E-state index in [0.717, 1.165) is 5.56 Å². The third kappa shape index (κ3) is 4.81. The number of nitrogens with one attached hydrogen (secondary N) is 2. The fraction of sp³-hybridized carbons (Fsp3) is 0.0870. The SMILES string of the molecule is COc1cccc(-c2nc(OC)nn2-c2cccc(NC(=O)Nc3cccc(Cl)c3)c2)c1. The number of carbonyl (C=O) groups excluding carboxylic acids is 1. The van der Waals surface area contributed by atoms with Crippen LogP contribution in [0.4, 0.5) is 16.2 Å². The molecule has 32 heavy (non-hydrogen) atoms. The zero-order chi connectivity index (χ0) is 22.5. The minimum atomic E-state index is -0.395. The Morgan fingerprint density at radius 2 is 1.62 bits per heavy atom. The van der Waals surface area contributed by atoms with Gasteiger partial charge in [-0.15, -0.1) is 5.10 Å². The average molecular weight is 450 g/mol. The molecule has 3 aromatic carbocycles. The van der Waals surface area contributed by atoms with Crippen molar-refractivity contribution in [2.45, 2.75) is 0 Å². The molecule has 1 heterocycles. The number of benzene rings is 3. The molecular formula is C23H20ClN5O3. The van der Waals surface area contributed by atoms with Crippen LogP contribution in [0.15, 0.2) is 72.8 Å². The van der Waals surface area contributed by atoms with Gasteiger partial charge in [0.25, 0.3) is 0 Å². The number of hydrogen-bond acceptors (Lipinski definition) is 5. The first kappa shape index (κ1) is 21.2. The summed E-state index contributed by atoms with van der Waals surface area (Å²) in [5, 5.41) is 10.5. The quantitative estimate of drug-likeness (QED) is 0.419. The van der Waals surface area contributed by atoms with Gasteiger partial charge < -0.3 is 20.1 Å². The predicted molar refractivity (Wildman–Crippen MR) is 124 cm³/mol. The summed E-state index contributed by atoms with van der Waals surface area (Å²) in [4.78, 5) is 16.9. The van der Waals surface area contributed by atoms with E-state index in [9.17, 15) is 4.79 Å². The zero-order valence-corrected chi connectivity index (χ0v) is 18.1. The Bertz CT molecular complexity index is 1260. The van der Waals surface area contributed by atoms with E-state index in [2.05, 4.69) is 20.7 Å². The molecule has 0 unspecified atom stereocenters. The lowest BCUT2D eigenvalue weighted by atomic mass is 10.2. The number of anilines is 2. The van der Waals surface area contributed by atoms with E-state index < -0.39 is 6.03 Å². The molecule has 0 saturated carbocycles. The van der Waals surface area contributed by atoms with Gasteiger partial charge in [0.05, 0.1) is 19.9 Å². The molecule has 4 aromatic rings. The van der Waals surface area contributed by atoms with E-state index in [1.54, 1.807) is 48.2 Å². The summed E-state index contributed by atoms with van der Waals surface area (Å²) in [5.74, 6) is 1.27. The first-order valence-corrected chi connectivity index (χ1v) is 10.0. The molecule has 0 spiro atoms. The van der Waals surface area contributed by atoms with Gasteiger partial charge in [0.15, 0.2) is 5.82 Å². The van der Waals surface area contributed by atoms with Crippen molar-refractivity contribution in [2.24, 2.45) is 0 Å². The topological polar surface area (TPSA) is 90.3 Å². The molecule has 0 fully saturated rings. The molecular weight excluding hydrogens is 430 g/mol. The fourth-order valence-corrected chi connectivity index (χ4v) is 3.27. The highest BCUT2D eigenvalue weighted by atomic mass is 35.5. The van der Waals surface area contributed by atoms with Gasteiger partial charge in [-0.25, -0.2) is 9.48 Å². The van der Waals surface area contributed by atoms with Gasteiger partial charge in [-0.2, -0.15) is 4.98 Å². The van der Waals surface area contributed by atoms with Gasteiger partial charge in [-0.05, 0) is 48.5 Å². The summed E-state index contributed by atoms with van der Waals surface area (Å²) in [6.07, 6.45) is 0. The number of aromatic nitrogens is 3. The van der Waals surface area contributed by atoms with E-state index in [-0.39, 0.29) is 6.01 Å². The molecule has 0 bridgehead atoms. The number of halogens is 1. The van der Waals surface area contributed by atoms with Crippen LogP contribution in [0, 0.1) is 0 Å². The number of carbonyl (C=O) groups is 1. The maximum atomic E-state index is 12.4. The lowest BCUT2D eigenvalue weighted by Gasteiger charge is -2.11. The minimum absolute atomic E-state index is 0.222. The van der Waals surface area contributed by atoms with Crippen LogP contribution in [0.25, 0.3) is 17.1 Å². The van der Waals surface area contributed by atoms with Crippen molar-refractivity contribution in [1.29, 1.82) is 0 Å². The van der Waals surface area contributed by atoms with Crippen LogP contribution < -0.4 is 20.1 Å². The summed E-state index contributed by atoms with van der Waals surface area (Å²) in [6.45, 7) is 0. The smallest absolute Gasteiger partial charge is 0.336 e. The second kappa shape index (κ2) is 9.40. The molecule has 0 radical (unpaired) electrons. The summed E-state index contributed by atoms with van der Waals surface area (Å²) < 4.78 is 12.2. The Hall–Kier alpha value is -4.04. The molecule has 2 N–H and O–H groups in total. The van der Waals surface area contributed by atoms with Crippen LogP contribution in [0.3, 0.4) is 0 Å². The van der Waals surface area contributed by atoms with E-state index >= 15 is 0 Å². The molecule has 0 aliphatic heterocycles. The van der Waals surface area contributed by atoms with Crippen molar-refractivity contribution >= 4 is 29.0 Å². The summed E-state index contributed by atoms with van der Waals surface area (Å²) >= 11 is 5.97. The largest absolute Gasteiger partial charge is 0.497 e. The van der Waals surface area contributed by atoms with Crippen molar-refractivity contribution in [1.82, 2.24) is 14.8 Å². The maximum Gasteiger partial charge on any atom is 0.336 e. The lowest BCUT2D eigenvalue weighted by Crippen LogP contribution is -2.19. The number of methoxy groups -OCH3 is 2. The molecule has 0 saturated heterocycles. The van der Waals surface area contributed by atoms with Gasteiger partial charge in [-0.3, -0.25) is 0 Å². The number of hydrogen-bond donors (Lipinski definition) is 2. The van der Waals surface area contributed by atoms with Gasteiger partial charge in [0.2, 0.25) is 0 Å². The van der Waals surface area contributed by atoms with Crippen molar-refractivity contribution in [3.05, 3.63) is 77.8 Å². The zero-order valence-electron chi connectivity index (χ0n) is 17.4. The number of ether oxygens (including phenoxy) is 2. The van der Waals surface area contributed by atoms with E-state index in [0.29, 0.717) is 33.7 Å². The Kier molecular flexibility index (Phi) is 6.23. The summed E-state index contributed by atoms with van der Waals surface area (Å²) in [6, 6.07) is 21.5. The van der Waals surface area contributed by atoms with Gasteiger partial charge in [0.1, 0.15) is 5.75 Å². The molecule has 0 atom stereocenters. The fourth-order valence-electron chi connectivity index (χ4n) is 3.08. The molecule has 9 heteroatoms. The molecule has 0 aliphatic carbocycles. The molecule has 4 rings (SSSR count). The average Bonchev–Trinajstić information content (AvgIpc) is 3.24. The Morgan fingerprint density at radius 3 is 2.34 bits per heavy atom. The van der Waals surface area contributed by atoms with Crippen LogP contribution in [0.2, 0.25) is 5.02 Å². The van der Waals surface area contributed by atoms with Crippen molar-refractivity contribution in [3.8, 4) is 28.8 Å². The molecule has 2 amide bonds. The number of nitrogens with zero attached hydrogens (tertiary/aromatic N) is 3. The molecule has 8 nitrogen and oxygen atoms in total. The number of urea groups is 1. The first-order valence-electron chi connectivity index (χ1n) is 9.65. The van der Waals surface area contributed by atoms with Crippen LogP contribution in [-0.4, -0.2) is 35.0 Å². The highest BCUT2D eigenvalue weighted by Crippen LogP contribution is 2.27.